The number of anilines is 2. The Hall–Kier alpha value is -3.61. The molecule has 1 fully saturated rings. The van der Waals surface area contributed by atoms with Crippen molar-refractivity contribution in [2.75, 3.05) is 43.7 Å². The molecule has 2 heterocycles. The van der Waals surface area contributed by atoms with Crippen LogP contribution >= 0.6 is 7.14 Å². The zero-order valence-corrected chi connectivity index (χ0v) is 28.7. The van der Waals surface area contributed by atoms with Crippen molar-refractivity contribution in [3.63, 3.8) is 0 Å². The highest BCUT2D eigenvalue weighted by Gasteiger charge is 2.31. The van der Waals surface area contributed by atoms with E-state index in [4.69, 9.17) is 9.47 Å². The highest BCUT2D eigenvalue weighted by atomic mass is 31.2. The van der Waals surface area contributed by atoms with Gasteiger partial charge in [0.15, 0.2) is 0 Å². The summed E-state index contributed by atoms with van der Waals surface area (Å²) in [6.07, 6.45) is -3.31. The number of methoxy groups -OCH3 is 1. The van der Waals surface area contributed by atoms with E-state index in [-0.39, 0.29) is 29.6 Å². The Bertz CT molecular complexity index is 1680. The lowest BCUT2D eigenvalue weighted by molar-refractivity contribution is -0.140. The Morgan fingerprint density at radius 3 is 2.48 bits per heavy atom. The number of hydrogen-bond acceptors (Lipinski definition) is 6. The number of alkyl halides is 3. The Morgan fingerprint density at radius 2 is 1.89 bits per heavy atom. The second kappa shape index (κ2) is 13.2. The van der Waals surface area contributed by atoms with Gasteiger partial charge in [-0.3, -0.25) is 4.90 Å². The summed E-state index contributed by atoms with van der Waals surface area (Å²) >= 11 is 0. The molecule has 1 aliphatic rings. The average molecular weight is 661 g/mol. The molecule has 0 spiro atoms. The second-order valence-corrected chi connectivity index (χ2v) is 16.9. The molecule has 46 heavy (non-hydrogen) atoms. The van der Waals surface area contributed by atoms with Gasteiger partial charge in [-0.1, -0.05) is 12.0 Å². The lowest BCUT2D eigenvalue weighted by Crippen LogP contribution is -2.50. The second-order valence-electron chi connectivity index (χ2n) is 13.7. The summed E-state index contributed by atoms with van der Waals surface area (Å²) in [6.45, 7) is 12.0. The first-order valence-electron chi connectivity index (χ1n) is 15.2. The molecule has 0 radical (unpaired) electrons. The third-order valence-electron chi connectivity index (χ3n) is 7.73. The highest BCUT2D eigenvalue weighted by molar-refractivity contribution is 7.70. The standard InChI is InChI=1S/C34H44F3N4O4P/c1-32(2,3)45-31(42)40(29-15-14-25(46(7,8)43)20-30(29)44-6)18-10-11-24-19-26-27(39-23-16-17-33(4,5)38-21-23)12-9-13-28(26)41(24)22-34(35,36)37/h9,12-15,19-20,23,38-39H,16-18,21-22H2,1-8H3/t23-/m0/s1. The van der Waals surface area contributed by atoms with E-state index < -0.39 is 31.6 Å². The molecule has 3 aromatic rings. The van der Waals surface area contributed by atoms with Crippen molar-refractivity contribution in [1.29, 1.82) is 0 Å². The smallest absolute Gasteiger partial charge is 0.415 e. The lowest BCUT2D eigenvalue weighted by atomic mass is 9.90. The molecule has 2 N–H and O–H groups in total. The number of carbonyl (C=O) groups is 1. The van der Waals surface area contributed by atoms with Crippen LogP contribution in [0.3, 0.4) is 0 Å². The zero-order chi connectivity index (χ0) is 34.1. The summed E-state index contributed by atoms with van der Waals surface area (Å²) in [4.78, 5) is 14.6. The number of rotatable bonds is 7. The summed E-state index contributed by atoms with van der Waals surface area (Å²) in [5.74, 6) is 6.09. The number of fused-ring (bicyclic) bond motifs is 1. The molecule has 1 aromatic heterocycles. The van der Waals surface area contributed by atoms with E-state index in [0.717, 1.165) is 29.6 Å². The van der Waals surface area contributed by atoms with Crippen LogP contribution in [-0.2, 0) is 15.8 Å². The highest BCUT2D eigenvalue weighted by Crippen LogP contribution is 2.39. The maximum absolute atomic E-state index is 13.8. The van der Waals surface area contributed by atoms with E-state index in [1.165, 1.54) is 12.0 Å². The number of carbonyl (C=O) groups excluding carboxylic acids is 1. The van der Waals surface area contributed by atoms with E-state index in [0.29, 0.717) is 21.9 Å². The van der Waals surface area contributed by atoms with Gasteiger partial charge < -0.3 is 29.2 Å². The van der Waals surface area contributed by atoms with Gasteiger partial charge in [-0.15, -0.1) is 0 Å². The van der Waals surface area contributed by atoms with Crippen molar-refractivity contribution in [3.8, 4) is 17.6 Å². The van der Waals surface area contributed by atoms with Crippen molar-refractivity contribution >= 4 is 40.8 Å². The number of aromatic nitrogens is 1. The number of hydrogen-bond donors (Lipinski definition) is 2. The normalized spacial score (nSPS) is 16.8. The van der Waals surface area contributed by atoms with Gasteiger partial charge in [-0.2, -0.15) is 13.2 Å². The molecule has 8 nitrogen and oxygen atoms in total. The van der Waals surface area contributed by atoms with Gasteiger partial charge in [0.1, 0.15) is 25.0 Å². The van der Waals surface area contributed by atoms with Crippen LogP contribution in [0.1, 0.15) is 53.2 Å². The average Bonchev–Trinajstić information content (AvgIpc) is 3.27. The lowest BCUT2D eigenvalue weighted by Gasteiger charge is -2.36. The maximum Gasteiger partial charge on any atom is 0.415 e. The van der Waals surface area contributed by atoms with Gasteiger partial charge in [-0.25, -0.2) is 4.79 Å². The molecule has 0 unspecified atom stereocenters. The number of piperidine rings is 1. The molecule has 0 aliphatic carbocycles. The van der Waals surface area contributed by atoms with Crippen molar-refractivity contribution in [2.24, 2.45) is 0 Å². The van der Waals surface area contributed by atoms with Crippen LogP contribution in [0.2, 0.25) is 0 Å². The minimum atomic E-state index is -4.49. The summed E-state index contributed by atoms with van der Waals surface area (Å²) in [6, 6.07) is 11.9. The summed E-state index contributed by atoms with van der Waals surface area (Å²) in [5, 5.41) is 8.23. The minimum absolute atomic E-state index is 0.0379. The van der Waals surface area contributed by atoms with Crippen molar-refractivity contribution in [3.05, 3.63) is 48.2 Å². The fraction of sp³-hybridized carbons (Fsp3) is 0.500. The molecule has 0 saturated carbocycles. The summed E-state index contributed by atoms with van der Waals surface area (Å²) < 4.78 is 66.5. The van der Waals surface area contributed by atoms with Crippen LogP contribution in [0.4, 0.5) is 29.3 Å². The molecule has 1 amide bonds. The predicted molar refractivity (Wildman–Crippen MR) is 179 cm³/mol. The fourth-order valence-corrected chi connectivity index (χ4v) is 6.19. The first kappa shape index (κ1) is 35.2. The maximum atomic E-state index is 13.8. The molecule has 0 bridgehead atoms. The van der Waals surface area contributed by atoms with Gasteiger partial charge >= 0.3 is 12.3 Å². The molecular weight excluding hydrogens is 616 g/mol. The fourth-order valence-electron chi connectivity index (χ4n) is 5.33. The molecule has 1 aliphatic heterocycles. The molecule has 4 rings (SSSR count). The number of amides is 1. The number of nitrogens with zero attached hydrogens (tertiary/aromatic N) is 2. The van der Waals surface area contributed by atoms with Crippen LogP contribution in [-0.4, -0.2) is 67.5 Å². The van der Waals surface area contributed by atoms with Crippen LogP contribution < -0.4 is 25.6 Å². The van der Waals surface area contributed by atoms with Gasteiger partial charge in [0, 0.05) is 34.5 Å². The number of benzene rings is 2. The third kappa shape index (κ3) is 9.01. The third-order valence-corrected chi connectivity index (χ3v) is 9.25. The van der Waals surface area contributed by atoms with Crippen molar-refractivity contribution < 1.29 is 32.0 Å². The molecule has 1 atom stereocenters. The molecule has 12 heteroatoms. The van der Waals surface area contributed by atoms with Gasteiger partial charge in [0.25, 0.3) is 0 Å². The first-order chi connectivity index (χ1) is 21.3. The SMILES string of the molecule is COc1cc(P(C)(C)=O)ccc1N(CC#Cc1cc2c(N[C@H]3CCC(C)(C)NC3)cccc2n1CC(F)(F)F)C(=O)OC(C)(C)C. The Kier molecular flexibility index (Phi) is 10.2. The van der Waals surface area contributed by atoms with Crippen LogP contribution in [0, 0.1) is 11.8 Å². The summed E-state index contributed by atoms with van der Waals surface area (Å²) in [7, 11) is -1.20. The Balaban J connectivity index is 1.73. The monoisotopic (exact) mass is 660 g/mol. The summed E-state index contributed by atoms with van der Waals surface area (Å²) in [5.41, 5.74) is 0.836. The Labute approximate surface area is 269 Å². The number of nitrogens with one attached hydrogen (secondary N) is 2. The largest absolute Gasteiger partial charge is 0.495 e. The molecule has 250 valence electrons. The van der Waals surface area contributed by atoms with Crippen LogP contribution in [0.15, 0.2) is 42.5 Å². The van der Waals surface area contributed by atoms with Gasteiger partial charge in [0.2, 0.25) is 0 Å². The molecule has 1 saturated heterocycles. The van der Waals surface area contributed by atoms with E-state index in [1.807, 2.05) is 6.07 Å². The molecule has 2 aromatic carbocycles. The van der Waals surface area contributed by atoms with E-state index in [9.17, 15) is 22.5 Å². The van der Waals surface area contributed by atoms with Crippen LogP contribution in [0.5, 0.6) is 5.75 Å². The van der Waals surface area contributed by atoms with Crippen LogP contribution in [0.25, 0.3) is 10.9 Å². The number of halogens is 3. The van der Waals surface area contributed by atoms with E-state index in [1.54, 1.807) is 70.5 Å². The van der Waals surface area contributed by atoms with E-state index >= 15 is 0 Å². The van der Waals surface area contributed by atoms with E-state index in [2.05, 4.69) is 36.3 Å². The van der Waals surface area contributed by atoms with Crippen molar-refractivity contribution in [2.45, 2.75) is 77.4 Å². The first-order valence-corrected chi connectivity index (χ1v) is 17.8. The topological polar surface area (TPSA) is 84.8 Å². The number of ether oxygens (including phenoxy) is 2. The predicted octanol–water partition coefficient (Wildman–Crippen LogP) is 7.20. The van der Waals surface area contributed by atoms with Gasteiger partial charge in [-0.05, 0) is 103 Å². The van der Waals surface area contributed by atoms with Crippen molar-refractivity contribution in [1.82, 2.24) is 9.88 Å². The Morgan fingerprint density at radius 1 is 1.17 bits per heavy atom. The minimum Gasteiger partial charge on any atom is -0.495 e. The zero-order valence-electron chi connectivity index (χ0n) is 27.8. The quantitative estimate of drug-likeness (QED) is 0.206. The molecular formula is C34H44F3N4O4P. The van der Waals surface area contributed by atoms with Gasteiger partial charge in [0.05, 0.1) is 30.6 Å².